The largest absolute Gasteiger partial charge is 0.508 e. The maximum Gasteiger partial charge on any atom is 0.341 e. The molecule has 134 valence electrons. The van der Waals surface area contributed by atoms with E-state index >= 15 is 0 Å². The number of phenols is 1. The molecule has 1 aromatic carbocycles. The molecule has 0 aliphatic rings. The van der Waals surface area contributed by atoms with Gasteiger partial charge in [0.1, 0.15) is 17.9 Å². The van der Waals surface area contributed by atoms with E-state index in [0.717, 1.165) is 0 Å². The Hall–Kier alpha value is -2.80. The zero-order chi connectivity index (χ0) is 18.6. The lowest BCUT2D eigenvalue weighted by atomic mass is 9.82. The number of benzene rings is 1. The topological polar surface area (TPSA) is 106 Å². The lowest BCUT2D eigenvalue weighted by molar-refractivity contribution is -0.163. The number of carbonyl (C=O) groups excluding carboxylic acids is 2. The van der Waals surface area contributed by atoms with Crippen molar-refractivity contribution in [2.75, 3.05) is 7.11 Å². The molecule has 0 bridgehead atoms. The van der Waals surface area contributed by atoms with Crippen LogP contribution in [-0.4, -0.2) is 29.3 Å². The van der Waals surface area contributed by atoms with Crippen LogP contribution in [-0.2, 0) is 20.9 Å². The third kappa shape index (κ3) is 4.00. The molecule has 2 rings (SSSR count). The highest BCUT2D eigenvalue weighted by Crippen LogP contribution is 2.35. The van der Waals surface area contributed by atoms with Gasteiger partial charge in [0.2, 0.25) is 0 Å². The van der Waals surface area contributed by atoms with Gasteiger partial charge in [-0.25, -0.2) is 4.79 Å². The number of hydrogen-bond acceptors (Lipinski definition) is 7. The number of hydrogen-bond donors (Lipinski definition) is 2. The van der Waals surface area contributed by atoms with Crippen LogP contribution >= 0.6 is 0 Å². The molecule has 0 spiro atoms. The molecule has 1 aromatic heterocycles. The van der Waals surface area contributed by atoms with Crippen LogP contribution in [0.1, 0.15) is 41.6 Å². The molecule has 1 atom stereocenters. The summed E-state index contributed by atoms with van der Waals surface area (Å²) in [6.07, 6.45) is 0.103. The summed E-state index contributed by atoms with van der Waals surface area (Å²) in [6, 6.07) is 7.43. The fourth-order valence-corrected chi connectivity index (χ4v) is 2.28. The number of carbonyl (C=O) groups is 2. The van der Waals surface area contributed by atoms with Crippen molar-refractivity contribution >= 4 is 11.9 Å². The Morgan fingerprint density at radius 2 is 2.00 bits per heavy atom. The molecule has 7 nitrogen and oxygen atoms in total. The maximum atomic E-state index is 12.4. The predicted octanol–water partition coefficient (Wildman–Crippen LogP) is 2.57. The SMILES string of the molecule is COC(=O)c1ccoc1COC(=O)C(C)(C)C(O)c1cccc(O)c1. The molecule has 0 saturated carbocycles. The normalized spacial score (nSPS) is 12.5. The first kappa shape index (κ1) is 18.5. The number of ether oxygens (including phenoxy) is 2. The molecule has 2 N–H and O–H groups in total. The molecule has 0 aliphatic heterocycles. The lowest BCUT2D eigenvalue weighted by Crippen LogP contribution is -2.33. The van der Waals surface area contributed by atoms with Gasteiger partial charge in [0.15, 0.2) is 5.76 Å². The van der Waals surface area contributed by atoms with Crippen molar-refractivity contribution in [2.24, 2.45) is 5.41 Å². The van der Waals surface area contributed by atoms with E-state index in [-0.39, 0.29) is 23.7 Å². The zero-order valence-electron chi connectivity index (χ0n) is 14.2. The summed E-state index contributed by atoms with van der Waals surface area (Å²) in [6.45, 7) is 2.77. The minimum Gasteiger partial charge on any atom is -0.508 e. The van der Waals surface area contributed by atoms with Crippen molar-refractivity contribution in [2.45, 2.75) is 26.6 Å². The van der Waals surface area contributed by atoms with E-state index in [1.165, 1.54) is 45.4 Å². The first-order valence-electron chi connectivity index (χ1n) is 7.56. The predicted molar refractivity (Wildman–Crippen MR) is 86.7 cm³/mol. The van der Waals surface area contributed by atoms with Crippen LogP contribution in [0, 0.1) is 5.41 Å². The van der Waals surface area contributed by atoms with Gasteiger partial charge in [0.25, 0.3) is 0 Å². The highest BCUT2D eigenvalue weighted by molar-refractivity contribution is 5.90. The molecule has 0 radical (unpaired) electrons. The van der Waals surface area contributed by atoms with Gasteiger partial charge in [-0.15, -0.1) is 0 Å². The van der Waals surface area contributed by atoms with Crippen LogP contribution in [0.15, 0.2) is 41.0 Å². The summed E-state index contributed by atoms with van der Waals surface area (Å²) in [5.41, 5.74) is -0.733. The monoisotopic (exact) mass is 348 g/mol. The van der Waals surface area contributed by atoms with Crippen molar-refractivity contribution < 1.29 is 33.7 Å². The Morgan fingerprint density at radius 1 is 1.28 bits per heavy atom. The van der Waals surface area contributed by atoms with Crippen LogP contribution in [0.3, 0.4) is 0 Å². The second-order valence-electron chi connectivity index (χ2n) is 6.04. The zero-order valence-corrected chi connectivity index (χ0v) is 14.2. The summed E-state index contributed by atoms with van der Waals surface area (Å²) in [7, 11) is 1.24. The van der Waals surface area contributed by atoms with Crippen molar-refractivity contribution in [1.82, 2.24) is 0 Å². The smallest absolute Gasteiger partial charge is 0.341 e. The first-order chi connectivity index (χ1) is 11.8. The number of furan rings is 1. The molecule has 7 heteroatoms. The van der Waals surface area contributed by atoms with Gasteiger partial charge in [0, 0.05) is 0 Å². The molecule has 1 unspecified atom stereocenters. The summed E-state index contributed by atoms with van der Waals surface area (Å²) in [4.78, 5) is 24.0. The van der Waals surface area contributed by atoms with Crippen molar-refractivity contribution in [3.63, 3.8) is 0 Å². The number of rotatable bonds is 6. The lowest BCUT2D eigenvalue weighted by Gasteiger charge is -2.28. The highest BCUT2D eigenvalue weighted by Gasteiger charge is 2.38. The van der Waals surface area contributed by atoms with E-state index in [0.29, 0.717) is 5.56 Å². The van der Waals surface area contributed by atoms with Gasteiger partial charge in [-0.05, 0) is 37.6 Å². The fourth-order valence-electron chi connectivity index (χ4n) is 2.28. The summed E-state index contributed by atoms with van der Waals surface area (Å²) < 4.78 is 14.9. The number of aromatic hydroxyl groups is 1. The van der Waals surface area contributed by atoms with Crippen molar-refractivity contribution in [3.8, 4) is 5.75 Å². The fraction of sp³-hybridized carbons (Fsp3) is 0.333. The molecule has 0 amide bonds. The standard InChI is InChI=1S/C18H20O7/c1-18(2,15(20)11-5-4-6-12(19)9-11)17(22)25-10-14-13(7-8-24-14)16(21)23-3/h4-9,15,19-20H,10H2,1-3H3. The van der Waals surface area contributed by atoms with E-state index < -0.39 is 23.5 Å². The van der Waals surface area contributed by atoms with E-state index in [1.54, 1.807) is 12.1 Å². The quantitative estimate of drug-likeness (QED) is 0.773. The van der Waals surface area contributed by atoms with Crippen LogP contribution in [0.5, 0.6) is 5.75 Å². The number of aliphatic hydroxyl groups is 1. The molecule has 2 aromatic rings. The van der Waals surface area contributed by atoms with E-state index in [2.05, 4.69) is 4.74 Å². The molecular formula is C18H20O7. The van der Waals surface area contributed by atoms with Crippen molar-refractivity contribution in [1.29, 1.82) is 0 Å². The minimum atomic E-state index is -1.29. The first-order valence-corrected chi connectivity index (χ1v) is 7.56. The number of esters is 2. The Bertz CT molecular complexity index is 760. The van der Waals surface area contributed by atoms with Crippen LogP contribution in [0.25, 0.3) is 0 Å². The third-order valence-corrected chi connectivity index (χ3v) is 3.88. The maximum absolute atomic E-state index is 12.4. The summed E-state index contributed by atoms with van der Waals surface area (Å²) >= 11 is 0. The van der Waals surface area contributed by atoms with Gasteiger partial charge in [-0.2, -0.15) is 0 Å². The minimum absolute atomic E-state index is 0.0148. The summed E-state index contributed by atoms with van der Waals surface area (Å²) in [5.74, 6) is -1.14. The number of methoxy groups -OCH3 is 1. The molecule has 25 heavy (non-hydrogen) atoms. The second-order valence-corrected chi connectivity index (χ2v) is 6.04. The van der Waals surface area contributed by atoms with Crippen LogP contribution in [0.2, 0.25) is 0 Å². The van der Waals surface area contributed by atoms with Gasteiger partial charge >= 0.3 is 11.9 Å². The summed E-state index contributed by atoms with van der Waals surface area (Å²) in [5, 5.41) is 20.0. The molecule has 0 saturated heterocycles. The number of aliphatic hydroxyl groups excluding tert-OH is 1. The second kappa shape index (κ2) is 7.40. The molecule has 0 fully saturated rings. The Morgan fingerprint density at radius 3 is 2.64 bits per heavy atom. The van der Waals surface area contributed by atoms with E-state index in [4.69, 9.17) is 9.15 Å². The van der Waals surface area contributed by atoms with E-state index in [1.807, 2.05) is 0 Å². The average Bonchev–Trinajstić information content (AvgIpc) is 3.06. The van der Waals surface area contributed by atoms with E-state index in [9.17, 15) is 19.8 Å². The van der Waals surface area contributed by atoms with Gasteiger partial charge in [0.05, 0.1) is 24.9 Å². The average molecular weight is 348 g/mol. The van der Waals surface area contributed by atoms with Crippen molar-refractivity contribution in [3.05, 3.63) is 53.5 Å². The Kier molecular flexibility index (Phi) is 5.48. The Balaban J connectivity index is 2.09. The molecular weight excluding hydrogens is 328 g/mol. The molecule has 1 heterocycles. The highest BCUT2D eigenvalue weighted by atomic mass is 16.5. The van der Waals surface area contributed by atoms with Gasteiger partial charge in [-0.1, -0.05) is 12.1 Å². The number of phenolic OH excluding ortho intramolecular Hbond substituents is 1. The van der Waals surface area contributed by atoms with Gasteiger partial charge in [-0.3, -0.25) is 4.79 Å². The van der Waals surface area contributed by atoms with Gasteiger partial charge < -0.3 is 24.1 Å². The van der Waals surface area contributed by atoms with Crippen LogP contribution in [0.4, 0.5) is 0 Å². The van der Waals surface area contributed by atoms with Crippen LogP contribution < -0.4 is 0 Å². The third-order valence-electron chi connectivity index (χ3n) is 3.88. The molecule has 0 aliphatic carbocycles. The Labute approximate surface area is 144 Å².